The van der Waals surface area contributed by atoms with Crippen LogP contribution in [0.2, 0.25) is 0 Å². The zero-order chi connectivity index (χ0) is 19.4. The molecule has 5 nitrogen and oxygen atoms in total. The van der Waals surface area contributed by atoms with Gasteiger partial charge in [0.2, 0.25) is 0 Å². The molecule has 0 spiro atoms. The smallest absolute Gasteiger partial charge is 0.261 e. The van der Waals surface area contributed by atoms with Crippen LogP contribution in [0.5, 0.6) is 0 Å². The van der Waals surface area contributed by atoms with Crippen LogP contribution in [0, 0.1) is 11.7 Å². The number of carbonyl (C=O) groups is 1. The first-order valence-corrected chi connectivity index (χ1v) is 10.6. The second kappa shape index (κ2) is 8.08. The Balaban J connectivity index is 1.75. The maximum absolute atomic E-state index is 13.7. The van der Waals surface area contributed by atoms with E-state index in [0.717, 1.165) is 25.8 Å². The molecule has 0 aliphatic heterocycles. The van der Waals surface area contributed by atoms with Crippen LogP contribution in [0.25, 0.3) is 0 Å². The fourth-order valence-corrected chi connectivity index (χ4v) is 3.93. The number of amides is 1. The first-order valence-electron chi connectivity index (χ1n) is 9.07. The minimum Gasteiger partial charge on any atom is -0.338 e. The zero-order valence-electron chi connectivity index (χ0n) is 15.2. The predicted octanol–water partition coefficient (Wildman–Crippen LogP) is 3.89. The van der Waals surface area contributed by atoms with Crippen LogP contribution >= 0.6 is 0 Å². The Morgan fingerprint density at radius 1 is 1.15 bits per heavy atom. The fraction of sp³-hybridized carbons (Fsp3) is 0.350. The molecule has 144 valence electrons. The van der Waals surface area contributed by atoms with Crippen molar-refractivity contribution >= 4 is 21.6 Å². The van der Waals surface area contributed by atoms with Gasteiger partial charge in [0.05, 0.1) is 10.6 Å². The maximum atomic E-state index is 13.7. The van der Waals surface area contributed by atoms with E-state index in [4.69, 9.17) is 0 Å². The van der Waals surface area contributed by atoms with Gasteiger partial charge in [0.25, 0.3) is 15.9 Å². The van der Waals surface area contributed by atoms with E-state index in [1.165, 1.54) is 42.5 Å². The third kappa shape index (κ3) is 4.86. The summed E-state index contributed by atoms with van der Waals surface area (Å²) >= 11 is 0. The van der Waals surface area contributed by atoms with Crippen molar-refractivity contribution in [3.05, 3.63) is 59.9 Å². The van der Waals surface area contributed by atoms with Crippen LogP contribution in [-0.2, 0) is 10.0 Å². The molecule has 1 amide bonds. The third-order valence-electron chi connectivity index (χ3n) is 4.49. The number of nitrogens with one attached hydrogen (secondary N) is 1. The highest BCUT2D eigenvalue weighted by Crippen LogP contribution is 2.30. The van der Waals surface area contributed by atoms with Crippen molar-refractivity contribution < 1.29 is 17.6 Å². The molecule has 2 aromatic carbocycles. The second-order valence-corrected chi connectivity index (χ2v) is 8.49. The van der Waals surface area contributed by atoms with E-state index >= 15 is 0 Å². The predicted molar refractivity (Wildman–Crippen MR) is 103 cm³/mol. The summed E-state index contributed by atoms with van der Waals surface area (Å²) in [6.45, 7) is 3.46. The lowest BCUT2D eigenvalue weighted by Gasteiger charge is -2.22. The quantitative estimate of drug-likeness (QED) is 0.744. The van der Waals surface area contributed by atoms with Gasteiger partial charge in [-0.1, -0.05) is 19.1 Å². The van der Waals surface area contributed by atoms with Gasteiger partial charge in [0, 0.05) is 18.7 Å². The van der Waals surface area contributed by atoms with E-state index in [1.54, 1.807) is 6.07 Å². The van der Waals surface area contributed by atoms with Gasteiger partial charge in [-0.3, -0.25) is 9.52 Å². The molecular formula is C20H23FN2O3S. The first-order chi connectivity index (χ1) is 12.9. The normalized spacial score (nSPS) is 14.0. The highest BCUT2D eigenvalue weighted by molar-refractivity contribution is 7.92. The molecule has 0 aromatic heterocycles. The van der Waals surface area contributed by atoms with Gasteiger partial charge in [-0.2, -0.15) is 0 Å². The summed E-state index contributed by atoms with van der Waals surface area (Å²) < 4.78 is 40.8. The van der Waals surface area contributed by atoms with E-state index < -0.39 is 15.8 Å². The summed E-state index contributed by atoms with van der Waals surface area (Å²) in [7, 11) is -3.93. The Bertz CT molecular complexity index is 909. The summed E-state index contributed by atoms with van der Waals surface area (Å²) in [5.41, 5.74) is 0.338. The topological polar surface area (TPSA) is 66.5 Å². The molecule has 1 aliphatic rings. The van der Waals surface area contributed by atoms with Crippen molar-refractivity contribution in [1.82, 2.24) is 4.90 Å². The number of anilines is 1. The van der Waals surface area contributed by atoms with Crippen LogP contribution < -0.4 is 4.72 Å². The minimum absolute atomic E-state index is 0.0217. The molecule has 0 saturated heterocycles. The fourth-order valence-electron chi connectivity index (χ4n) is 2.86. The molecule has 2 aromatic rings. The van der Waals surface area contributed by atoms with Crippen LogP contribution in [0.1, 0.15) is 36.5 Å². The molecule has 7 heteroatoms. The third-order valence-corrected chi connectivity index (χ3v) is 5.87. The maximum Gasteiger partial charge on any atom is 0.261 e. The van der Waals surface area contributed by atoms with Gasteiger partial charge in [-0.05, 0) is 61.6 Å². The molecule has 1 saturated carbocycles. The Morgan fingerprint density at radius 2 is 1.81 bits per heavy atom. The lowest BCUT2D eigenvalue weighted by molar-refractivity contribution is 0.0747. The van der Waals surface area contributed by atoms with Gasteiger partial charge in [0.1, 0.15) is 5.82 Å². The summed E-state index contributed by atoms with van der Waals surface area (Å²) in [6.07, 6.45) is 3.19. The number of benzene rings is 2. The molecule has 3 rings (SSSR count). The average Bonchev–Trinajstić information content (AvgIpc) is 3.47. The summed E-state index contributed by atoms with van der Waals surface area (Å²) in [4.78, 5) is 14.5. The summed E-state index contributed by atoms with van der Waals surface area (Å²) in [6, 6.07) is 11.3. The summed E-state index contributed by atoms with van der Waals surface area (Å²) in [5.74, 6) is -0.150. The van der Waals surface area contributed by atoms with Crippen molar-refractivity contribution in [2.75, 3.05) is 17.8 Å². The van der Waals surface area contributed by atoms with Crippen molar-refractivity contribution in [3.63, 3.8) is 0 Å². The van der Waals surface area contributed by atoms with Gasteiger partial charge in [-0.25, -0.2) is 12.8 Å². The number of sulfonamides is 1. The van der Waals surface area contributed by atoms with Crippen molar-refractivity contribution in [2.45, 2.75) is 31.1 Å². The zero-order valence-corrected chi connectivity index (χ0v) is 16.0. The number of hydrogen-bond donors (Lipinski definition) is 1. The average molecular weight is 390 g/mol. The Labute approximate surface area is 159 Å². The molecule has 27 heavy (non-hydrogen) atoms. The SMILES string of the molecule is CCCN(CC1CC1)C(=O)c1ccc(S(=O)(=O)Nc2ccccc2F)cc1. The Hall–Kier alpha value is -2.41. The Kier molecular flexibility index (Phi) is 5.79. The van der Waals surface area contributed by atoms with E-state index in [0.29, 0.717) is 18.0 Å². The monoisotopic (exact) mass is 390 g/mol. The van der Waals surface area contributed by atoms with Crippen LogP contribution in [0.3, 0.4) is 0 Å². The lowest BCUT2D eigenvalue weighted by Crippen LogP contribution is -2.33. The van der Waals surface area contributed by atoms with Crippen LogP contribution in [0.15, 0.2) is 53.4 Å². The molecule has 1 fully saturated rings. The van der Waals surface area contributed by atoms with Gasteiger partial charge in [-0.15, -0.1) is 0 Å². The van der Waals surface area contributed by atoms with E-state index in [-0.39, 0.29) is 16.5 Å². The molecule has 0 heterocycles. The number of hydrogen-bond acceptors (Lipinski definition) is 3. The molecule has 0 radical (unpaired) electrons. The van der Waals surface area contributed by atoms with Gasteiger partial charge >= 0.3 is 0 Å². The number of nitrogens with zero attached hydrogens (tertiary/aromatic N) is 1. The van der Waals surface area contributed by atoms with Crippen molar-refractivity contribution in [2.24, 2.45) is 5.92 Å². The molecule has 0 bridgehead atoms. The van der Waals surface area contributed by atoms with Crippen LogP contribution in [-0.4, -0.2) is 32.3 Å². The van der Waals surface area contributed by atoms with Crippen molar-refractivity contribution in [3.8, 4) is 0 Å². The van der Waals surface area contributed by atoms with Crippen molar-refractivity contribution in [1.29, 1.82) is 0 Å². The molecular weight excluding hydrogens is 367 g/mol. The standard InChI is InChI=1S/C20H23FN2O3S/c1-2-13-23(14-15-7-8-15)20(24)16-9-11-17(12-10-16)27(25,26)22-19-6-4-3-5-18(19)21/h3-6,9-12,15,22H,2,7-8,13-14H2,1H3. The number of rotatable bonds is 8. The molecule has 1 N–H and O–H groups in total. The number of carbonyl (C=O) groups excluding carboxylic acids is 1. The molecule has 0 atom stereocenters. The lowest BCUT2D eigenvalue weighted by atomic mass is 10.2. The van der Waals surface area contributed by atoms with E-state index in [9.17, 15) is 17.6 Å². The van der Waals surface area contributed by atoms with Gasteiger partial charge in [0.15, 0.2) is 0 Å². The Morgan fingerprint density at radius 3 is 2.41 bits per heavy atom. The second-order valence-electron chi connectivity index (χ2n) is 6.80. The van der Waals surface area contributed by atoms with Gasteiger partial charge < -0.3 is 4.90 Å². The molecule has 1 aliphatic carbocycles. The number of para-hydroxylation sites is 1. The molecule has 0 unspecified atom stereocenters. The van der Waals surface area contributed by atoms with E-state index in [2.05, 4.69) is 4.72 Å². The first kappa shape index (κ1) is 19.4. The largest absolute Gasteiger partial charge is 0.338 e. The highest BCUT2D eigenvalue weighted by Gasteiger charge is 2.27. The van der Waals surface area contributed by atoms with Crippen LogP contribution in [0.4, 0.5) is 10.1 Å². The summed E-state index contributed by atoms with van der Waals surface area (Å²) in [5, 5.41) is 0. The van der Waals surface area contributed by atoms with E-state index in [1.807, 2.05) is 11.8 Å². The highest BCUT2D eigenvalue weighted by atomic mass is 32.2. The number of halogens is 1. The minimum atomic E-state index is -3.93.